The molecule has 9 heteroatoms. The first-order valence-electron chi connectivity index (χ1n) is 12.6. The number of ketones is 2. The lowest BCUT2D eigenvalue weighted by molar-refractivity contribution is 0.0836. The Morgan fingerprint density at radius 2 is 1.19 bits per heavy atom. The molecule has 4 rings (SSSR count). The molecule has 4 aromatic carbocycles. The minimum absolute atomic E-state index is 0.122. The molecule has 210 valence electrons. The van der Waals surface area contributed by atoms with Gasteiger partial charge in [0.15, 0.2) is 17.7 Å². The Bertz CT molecular complexity index is 1590. The Morgan fingerprint density at radius 3 is 1.71 bits per heavy atom. The number of methoxy groups -OCH3 is 1. The topological polar surface area (TPSA) is 118 Å². The molecule has 0 aliphatic heterocycles. The molecule has 9 nitrogen and oxygen atoms in total. The zero-order chi connectivity index (χ0) is 29.9. The summed E-state index contributed by atoms with van der Waals surface area (Å²) in [4.78, 5) is 53.5. The van der Waals surface area contributed by atoms with Crippen LogP contribution in [0.1, 0.15) is 43.5 Å². The lowest BCUT2D eigenvalue weighted by Crippen LogP contribution is -2.17. The first-order chi connectivity index (χ1) is 20.4. The highest BCUT2D eigenvalue weighted by molar-refractivity contribution is 6.09. The molecule has 0 fully saturated rings. The molecule has 0 aliphatic rings. The second-order valence-corrected chi connectivity index (χ2v) is 8.62. The summed E-state index contributed by atoms with van der Waals surface area (Å²) in [6.45, 7) is 3.29. The number of carbonyl (C=O) groups is 4. The fourth-order valence-corrected chi connectivity index (χ4v) is 3.80. The van der Waals surface area contributed by atoms with Crippen LogP contribution < -0.4 is 9.47 Å². The van der Waals surface area contributed by atoms with Crippen LogP contribution in [0.25, 0.3) is 0 Å². The minimum Gasteiger partial charge on any atom is -0.497 e. The number of nitrogens with zero attached hydrogens (tertiary/aromatic N) is 1. The van der Waals surface area contributed by atoms with Gasteiger partial charge in [-0.05, 0) is 54.1 Å². The summed E-state index contributed by atoms with van der Waals surface area (Å²) in [5.74, 6) is 0.350. The molecular weight excluding hydrogens is 538 g/mol. The Balaban J connectivity index is 1.46. The molecule has 0 saturated carbocycles. The average molecular weight is 564 g/mol. The molecule has 0 N–H and O–H groups in total. The molecule has 0 heterocycles. The summed E-state index contributed by atoms with van der Waals surface area (Å²) in [5.41, 5.74) is 2.20. The van der Waals surface area contributed by atoms with E-state index < -0.39 is 18.4 Å². The summed E-state index contributed by atoms with van der Waals surface area (Å²) in [6.07, 6.45) is -1.25. The normalized spacial score (nSPS) is 11.3. The Morgan fingerprint density at radius 1 is 0.690 bits per heavy atom. The van der Waals surface area contributed by atoms with E-state index >= 15 is 0 Å². The van der Waals surface area contributed by atoms with Crippen LogP contribution in [0.5, 0.6) is 11.5 Å². The van der Waals surface area contributed by atoms with E-state index in [-0.39, 0.29) is 17.3 Å². The number of rotatable bonds is 10. The van der Waals surface area contributed by atoms with E-state index in [1.165, 1.54) is 31.4 Å². The van der Waals surface area contributed by atoms with Gasteiger partial charge in [-0.15, -0.1) is 0 Å². The van der Waals surface area contributed by atoms with Crippen molar-refractivity contribution in [2.24, 2.45) is 4.99 Å². The third-order valence-electron chi connectivity index (χ3n) is 5.93. The molecule has 1 unspecified atom stereocenters. The highest BCUT2D eigenvalue weighted by atomic mass is 16.7. The lowest BCUT2D eigenvalue weighted by atomic mass is 10.0. The Labute approximate surface area is 241 Å². The lowest BCUT2D eigenvalue weighted by Gasteiger charge is -2.14. The summed E-state index contributed by atoms with van der Waals surface area (Å²) >= 11 is 0. The second-order valence-electron chi connectivity index (χ2n) is 8.62. The van der Waals surface area contributed by atoms with Gasteiger partial charge in [0.2, 0.25) is 0 Å². The molecule has 1 atom stereocenters. The van der Waals surface area contributed by atoms with Crippen molar-refractivity contribution in [2.45, 2.75) is 6.10 Å². The molecule has 0 saturated heterocycles. The van der Waals surface area contributed by atoms with E-state index in [1.54, 1.807) is 72.8 Å². The van der Waals surface area contributed by atoms with Crippen LogP contribution in [0, 0.1) is 0 Å². The number of hydrogen-bond acceptors (Lipinski definition) is 8. The van der Waals surface area contributed by atoms with Gasteiger partial charge in [-0.3, -0.25) is 9.59 Å². The van der Waals surface area contributed by atoms with Crippen molar-refractivity contribution in [1.82, 2.24) is 0 Å². The van der Waals surface area contributed by atoms with Crippen LogP contribution in [0.4, 0.5) is 9.59 Å². The summed E-state index contributed by atoms with van der Waals surface area (Å²) in [6, 6.07) is 27.6. The third-order valence-corrected chi connectivity index (χ3v) is 5.93. The predicted octanol–water partition coefficient (Wildman–Crippen LogP) is 6.76. The van der Waals surface area contributed by atoms with Crippen molar-refractivity contribution in [3.8, 4) is 11.5 Å². The van der Waals surface area contributed by atoms with Crippen molar-refractivity contribution in [2.75, 3.05) is 7.11 Å². The quantitative estimate of drug-likeness (QED) is 0.0683. The molecule has 0 spiro atoms. The van der Waals surface area contributed by atoms with Gasteiger partial charge in [0.25, 0.3) is 0 Å². The van der Waals surface area contributed by atoms with Crippen molar-refractivity contribution < 1.29 is 38.1 Å². The van der Waals surface area contributed by atoms with E-state index in [4.69, 9.17) is 14.2 Å². The van der Waals surface area contributed by atoms with E-state index in [1.807, 2.05) is 6.07 Å². The van der Waals surface area contributed by atoms with Crippen LogP contribution >= 0.6 is 0 Å². The van der Waals surface area contributed by atoms with Gasteiger partial charge in [0, 0.05) is 22.3 Å². The monoisotopic (exact) mass is 563 g/mol. The highest BCUT2D eigenvalue weighted by Gasteiger charge is 2.19. The Kier molecular flexibility index (Phi) is 9.72. The molecule has 0 aliphatic carbocycles. The Hall–Kier alpha value is -5.83. The van der Waals surface area contributed by atoms with E-state index in [0.717, 1.165) is 12.5 Å². The van der Waals surface area contributed by atoms with Gasteiger partial charge in [-0.1, -0.05) is 61.2 Å². The summed E-state index contributed by atoms with van der Waals surface area (Å²) in [5, 5.41) is 0. The smallest absolute Gasteiger partial charge is 0.497 e. The van der Waals surface area contributed by atoms with Crippen molar-refractivity contribution >= 4 is 30.0 Å². The van der Waals surface area contributed by atoms with Crippen LogP contribution in [-0.4, -0.2) is 37.1 Å². The molecule has 0 bridgehead atoms. The number of benzene rings is 4. The number of ether oxygens (including phenoxy) is 4. The van der Waals surface area contributed by atoms with E-state index in [0.29, 0.717) is 33.6 Å². The molecule has 0 aromatic heterocycles. The van der Waals surface area contributed by atoms with Crippen LogP contribution in [-0.2, 0) is 9.47 Å². The maximum atomic E-state index is 12.7. The first kappa shape index (κ1) is 29.2. The zero-order valence-corrected chi connectivity index (χ0v) is 22.5. The maximum Gasteiger partial charge on any atom is 0.514 e. The van der Waals surface area contributed by atoms with Crippen molar-refractivity contribution in [1.29, 1.82) is 0 Å². The number of amides is 1. The fourth-order valence-electron chi connectivity index (χ4n) is 3.80. The minimum atomic E-state index is -1.16. The van der Waals surface area contributed by atoms with E-state index in [2.05, 4.69) is 16.3 Å². The van der Waals surface area contributed by atoms with Gasteiger partial charge in [0.05, 0.1) is 19.6 Å². The number of carbonyl (C=O) groups excluding carboxylic acids is 4. The molecule has 42 heavy (non-hydrogen) atoms. The standard InChI is InChI=1S/C33H25NO8/c1-3-40-32(37)34-21-29(22-9-11-24(12-10-22)30(35)23-7-5-4-6-8-23)42-33(38)41-28-19-15-26(16-20-28)31(36)25-13-17-27(39-2)18-14-25/h3-21,29H,1H2,2H3. The number of aliphatic imine (C=N–C) groups is 1. The average Bonchev–Trinajstić information content (AvgIpc) is 3.03. The number of hydrogen-bond donors (Lipinski definition) is 0. The van der Waals surface area contributed by atoms with Gasteiger partial charge in [-0.2, -0.15) is 4.99 Å². The first-order valence-corrected chi connectivity index (χ1v) is 12.6. The zero-order valence-electron chi connectivity index (χ0n) is 22.5. The summed E-state index contributed by atoms with van der Waals surface area (Å²) in [7, 11) is 1.54. The second kappa shape index (κ2) is 14.0. The van der Waals surface area contributed by atoms with Gasteiger partial charge < -0.3 is 18.9 Å². The summed E-state index contributed by atoms with van der Waals surface area (Å²) < 4.78 is 20.4. The molecule has 4 aromatic rings. The van der Waals surface area contributed by atoms with E-state index in [9.17, 15) is 19.2 Å². The predicted molar refractivity (Wildman–Crippen MR) is 154 cm³/mol. The maximum absolute atomic E-state index is 12.7. The highest BCUT2D eigenvalue weighted by Crippen LogP contribution is 2.22. The largest absolute Gasteiger partial charge is 0.514 e. The van der Waals surface area contributed by atoms with Gasteiger partial charge in [0.1, 0.15) is 11.5 Å². The van der Waals surface area contributed by atoms with Crippen LogP contribution in [0.15, 0.2) is 121 Å². The van der Waals surface area contributed by atoms with Crippen molar-refractivity contribution in [3.05, 3.63) is 144 Å². The SMILES string of the molecule is C=COC(=O)N=CC(OC(=O)Oc1ccc(C(=O)c2ccc(OC)cc2)cc1)c1ccc(C(=O)c2ccccc2)cc1. The van der Waals surface area contributed by atoms with Crippen LogP contribution in [0.3, 0.4) is 0 Å². The van der Waals surface area contributed by atoms with Gasteiger partial charge in [-0.25, -0.2) is 9.59 Å². The fraction of sp³-hybridized carbons (Fsp3) is 0.0606. The van der Waals surface area contributed by atoms with Crippen molar-refractivity contribution in [3.63, 3.8) is 0 Å². The third kappa shape index (κ3) is 7.64. The van der Waals surface area contributed by atoms with Gasteiger partial charge >= 0.3 is 12.2 Å². The van der Waals surface area contributed by atoms with Crippen LogP contribution in [0.2, 0.25) is 0 Å². The molecule has 1 amide bonds. The molecule has 0 radical (unpaired) electrons. The molecular formula is C33H25NO8.